The molecule has 1 saturated carbocycles. The van der Waals surface area contributed by atoms with Gasteiger partial charge in [-0.3, -0.25) is 4.79 Å². The van der Waals surface area contributed by atoms with Gasteiger partial charge in [-0.05, 0) is 50.2 Å². The third kappa shape index (κ3) is 3.67. The van der Waals surface area contributed by atoms with Crippen LogP contribution in [-0.2, 0) is 20.0 Å². The summed E-state index contributed by atoms with van der Waals surface area (Å²) in [5, 5.41) is 0. The first-order valence-electron chi connectivity index (χ1n) is 10.2. The van der Waals surface area contributed by atoms with Crippen LogP contribution >= 0.6 is 0 Å². The molecule has 5 heteroatoms. The lowest BCUT2D eigenvalue weighted by Gasteiger charge is -2.34. The molecule has 1 heterocycles. The summed E-state index contributed by atoms with van der Waals surface area (Å²) in [6.07, 6.45) is 4.33. The van der Waals surface area contributed by atoms with E-state index in [4.69, 9.17) is 0 Å². The van der Waals surface area contributed by atoms with Crippen molar-refractivity contribution in [2.45, 2.75) is 75.9 Å². The van der Waals surface area contributed by atoms with Crippen LogP contribution < -0.4 is 0 Å². The second-order valence-corrected chi connectivity index (χ2v) is 11.9. The van der Waals surface area contributed by atoms with Gasteiger partial charge in [0, 0.05) is 13.1 Å². The van der Waals surface area contributed by atoms with E-state index in [-0.39, 0.29) is 11.7 Å². The Labute approximate surface area is 164 Å². The molecule has 0 radical (unpaired) electrons. The van der Waals surface area contributed by atoms with Crippen LogP contribution in [0.2, 0.25) is 0 Å². The molecule has 1 aromatic carbocycles. The number of carbonyl (C=O) groups is 1. The molecule has 0 aromatic heterocycles. The van der Waals surface area contributed by atoms with E-state index >= 15 is 0 Å². The highest BCUT2D eigenvalue weighted by Crippen LogP contribution is 2.43. The van der Waals surface area contributed by atoms with Gasteiger partial charge < -0.3 is 4.90 Å². The van der Waals surface area contributed by atoms with E-state index in [0.717, 1.165) is 31.2 Å². The van der Waals surface area contributed by atoms with Crippen LogP contribution in [0.4, 0.5) is 0 Å². The van der Waals surface area contributed by atoms with Gasteiger partial charge in [0.25, 0.3) is 0 Å². The molecule has 27 heavy (non-hydrogen) atoms. The summed E-state index contributed by atoms with van der Waals surface area (Å²) in [7, 11) is -3.18. The SMILES string of the molecule is CC(C)c1ccc(C2(C(=O)N3CCC(C)(C)S(=O)(=O)CC3)CCCC2)cc1. The summed E-state index contributed by atoms with van der Waals surface area (Å²) in [6, 6.07) is 8.53. The molecule has 0 unspecified atom stereocenters. The van der Waals surface area contributed by atoms with Gasteiger partial charge >= 0.3 is 0 Å². The van der Waals surface area contributed by atoms with Crippen LogP contribution in [0.3, 0.4) is 0 Å². The molecule has 0 atom stereocenters. The Hall–Kier alpha value is -1.36. The average Bonchev–Trinajstić information content (AvgIpc) is 3.08. The lowest BCUT2D eigenvalue weighted by atomic mass is 9.77. The summed E-state index contributed by atoms with van der Waals surface area (Å²) < 4.78 is 24.3. The lowest BCUT2D eigenvalue weighted by Crippen LogP contribution is -2.46. The number of benzene rings is 1. The molecule has 3 rings (SSSR count). The second kappa shape index (κ2) is 7.23. The van der Waals surface area contributed by atoms with Crippen molar-refractivity contribution >= 4 is 15.7 Å². The normalized spacial score (nSPS) is 24.0. The smallest absolute Gasteiger partial charge is 0.233 e. The van der Waals surface area contributed by atoms with Gasteiger partial charge in [0.05, 0.1) is 15.9 Å². The number of carbonyl (C=O) groups excluding carboxylic acids is 1. The van der Waals surface area contributed by atoms with Crippen molar-refractivity contribution in [1.29, 1.82) is 0 Å². The molecule has 0 spiro atoms. The van der Waals surface area contributed by atoms with Crippen LogP contribution in [0.15, 0.2) is 24.3 Å². The number of sulfone groups is 1. The van der Waals surface area contributed by atoms with E-state index < -0.39 is 20.0 Å². The lowest BCUT2D eigenvalue weighted by molar-refractivity contribution is -0.137. The molecule has 0 N–H and O–H groups in total. The zero-order valence-electron chi connectivity index (χ0n) is 17.1. The van der Waals surface area contributed by atoms with Crippen LogP contribution in [0.5, 0.6) is 0 Å². The zero-order chi connectivity index (χ0) is 19.9. The number of nitrogens with zero attached hydrogens (tertiary/aromatic N) is 1. The third-order valence-corrected chi connectivity index (χ3v) is 9.35. The summed E-state index contributed by atoms with van der Waals surface area (Å²) >= 11 is 0. The predicted molar refractivity (Wildman–Crippen MR) is 110 cm³/mol. The molecule has 150 valence electrons. The van der Waals surface area contributed by atoms with Gasteiger partial charge in [0.1, 0.15) is 0 Å². The Kier molecular flexibility index (Phi) is 5.46. The molecular weight excluding hydrogens is 358 g/mol. The molecule has 1 saturated heterocycles. The minimum absolute atomic E-state index is 0.0636. The van der Waals surface area contributed by atoms with Gasteiger partial charge in [0.2, 0.25) is 5.91 Å². The monoisotopic (exact) mass is 391 g/mol. The summed E-state index contributed by atoms with van der Waals surface area (Å²) in [5.41, 5.74) is 1.90. The molecular formula is C22H33NO3S. The minimum atomic E-state index is -3.18. The Morgan fingerprint density at radius 3 is 2.15 bits per heavy atom. The zero-order valence-corrected chi connectivity index (χ0v) is 17.9. The van der Waals surface area contributed by atoms with E-state index in [9.17, 15) is 13.2 Å². The van der Waals surface area contributed by atoms with Gasteiger partial charge in [-0.2, -0.15) is 0 Å². The first-order chi connectivity index (χ1) is 12.6. The first-order valence-corrected chi connectivity index (χ1v) is 11.9. The maximum atomic E-state index is 13.6. The Morgan fingerprint density at radius 2 is 1.59 bits per heavy atom. The van der Waals surface area contributed by atoms with Crippen molar-refractivity contribution in [1.82, 2.24) is 4.90 Å². The van der Waals surface area contributed by atoms with E-state index in [1.165, 1.54) is 5.56 Å². The fourth-order valence-electron chi connectivity index (χ4n) is 4.48. The fourth-order valence-corrected chi connectivity index (χ4v) is 5.89. The van der Waals surface area contributed by atoms with Gasteiger partial charge in [-0.15, -0.1) is 0 Å². The van der Waals surface area contributed by atoms with E-state index in [0.29, 0.717) is 25.4 Å². The standard InChI is InChI=1S/C22H33NO3S/c1-17(2)18-7-9-19(10-8-18)22(11-5-6-12-22)20(24)23-14-13-21(3,4)27(25,26)16-15-23/h7-10,17H,5-6,11-16H2,1-4H3. The van der Waals surface area contributed by atoms with Crippen molar-refractivity contribution in [3.8, 4) is 0 Å². The Balaban J connectivity index is 1.90. The van der Waals surface area contributed by atoms with Crippen molar-refractivity contribution in [2.75, 3.05) is 18.8 Å². The fraction of sp³-hybridized carbons (Fsp3) is 0.682. The van der Waals surface area contributed by atoms with Crippen LogP contribution in [0, 0.1) is 0 Å². The maximum absolute atomic E-state index is 13.6. The second-order valence-electron chi connectivity index (χ2n) is 9.19. The van der Waals surface area contributed by atoms with Crippen molar-refractivity contribution < 1.29 is 13.2 Å². The van der Waals surface area contributed by atoms with Crippen LogP contribution in [0.1, 0.15) is 76.8 Å². The number of rotatable bonds is 3. The van der Waals surface area contributed by atoms with Crippen LogP contribution in [-0.4, -0.2) is 42.8 Å². The van der Waals surface area contributed by atoms with Crippen molar-refractivity contribution in [2.24, 2.45) is 0 Å². The Morgan fingerprint density at radius 1 is 1.00 bits per heavy atom. The number of amides is 1. The van der Waals surface area contributed by atoms with Crippen molar-refractivity contribution in [3.05, 3.63) is 35.4 Å². The quantitative estimate of drug-likeness (QED) is 0.781. The van der Waals surface area contributed by atoms with Gasteiger partial charge in [-0.25, -0.2) is 8.42 Å². The highest BCUT2D eigenvalue weighted by Gasteiger charge is 2.47. The Bertz CT molecular complexity index is 787. The van der Waals surface area contributed by atoms with Crippen LogP contribution in [0.25, 0.3) is 0 Å². The largest absolute Gasteiger partial charge is 0.341 e. The number of hydrogen-bond acceptors (Lipinski definition) is 3. The molecule has 4 nitrogen and oxygen atoms in total. The molecule has 2 aliphatic rings. The highest BCUT2D eigenvalue weighted by atomic mass is 32.2. The number of hydrogen-bond donors (Lipinski definition) is 0. The molecule has 1 aliphatic heterocycles. The molecule has 1 aliphatic carbocycles. The van der Waals surface area contributed by atoms with E-state index in [2.05, 4.69) is 38.1 Å². The molecule has 1 aromatic rings. The first kappa shape index (κ1) is 20.4. The summed E-state index contributed by atoms with van der Waals surface area (Å²) in [5.74, 6) is 0.659. The molecule has 1 amide bonds. The topological polar surface area (TPSA) is 54.5 Å². The van der Waals surface area contributed by atoms with E-state index in [1.807, 2.05) is 4.90 Å². The van der Waals surface area contributed by atoms with Gasteiger partial charge in [-0.1, -0.05) is 51.0 Å². The predicted octanol–water partition coefficient (Wildman–Crippen LogP) is 4.05. The average molecular weight is 392 g/mol. The minimum Gasteiger partial charge on any atom is -0.341 e. The third-order valence-electron chi connectivity index (χ3n) is 6.74. The van der Waals surface area contributed by atoms with Gasteiger partial charge in [0.15, 0.2) is 9.84 Å². The van der Waals surface area contributed by atoms with Crippen molar-refractivity contribution in [3.63, 3.8) is 0 Å². The summed E-state index contributed by atoms with van der Waals surface area (Å²) in [4.78, 5) is 15.5. The summed E-state index contributed by atoms with van der Waals surface area (Å²) in [6.45, 7) is 8.75. The molecule has 0 bridgehead atoms. The molecule has 2 fully saturated rings. The van der Waals surface area contributed by atoms with E-state index in [1.54, 1.807) is 13.8 Å². The maximum Gasteiger partial charge on any atom is 0.233 e. The highest BCUT2D eigenvalue weighted by molar-refractivity contribution is 7.92.